The molecule has 126 valence electrons. The van der Waals surface area contributed by atoms with E-state index in [1.807, 2.05) is 6.07 Å². The SMILES string of the molecule is N#Cc1ccc(OCCCOc2ccc3c(O)cc(=O)oc3c2)cc1. The lowest BCUT2D eigenvalue weighted by molar-refractivity contribution is 0.247. The Labute approximate surface area is 143 Å². The third kappa shape index (κ3) is 4.09. The molecule has 1 heterocycles. The topological polar surface area (TPSA) is 92.7 Å². The maximum Gasteiger partial charge on any atom is 0.339 e. The van der Waals surface area contributed by atoms with Crippen LogP contribution in [0.25, 0.3) is 11.0 Å². The average Bonchev–Trinajstić information content (AvgIpc) is 2.61. The zero-order valence-corrected chi connectivity index (χ0v) is 13.3. The van der Waals surface area contributed by atoms with Gasteiger partial charge in [-0.1, -0.05) is 0 Å². The Hall–Kier alpha value is -3.46. The molecule has 0 amide bonds. The van der Waals surface area contributed by atoms with Crippen LogP contribution in [0.3, 0.4) is 0 Å². The Morgan fingerprint density at radius 2 is 1.68 bits per heavy atom. The van der Waals surface area contributed by atoms with E-state index < -0.39 is 5.63 Å². The highest BCUT2D eigenvalue weighted by Gasteiger charge is 2.06. The van der Waals surface area contributed by atoms with Crippen LogP contribution in [0.5, 0.6) is 17.2 Å². The Morgan fingerprint density at radius 3 is 2.40 bits per heavy atom. The van der Waals surface area contributed by atoms with Gasteiger partial charge in [0.05, 0.1) is 36.3 Å². The van der Waals surface area contributed by atoms with E-state index >= 15 is 0 Å². The molecule has 0 saturated heterocycles. The van der Waals surface area contributed by atoms with E-state index in [0.29, 0.717) is 42.1 Å². The standard InChI is InChI=1S/C19H15NO5/c20-12-13-2-4-14(5-3-13)23-8-1-9-24-15-6-7-16-17(21)11-19(22)25-18(16)10-15/h2-7,10-11,21H,1,8-9H2. The maximum absolute atomic E-state index is 11.3. The van der Waals surface area contributed by atoms with Crippen LogP contribution in [0.4, 0.5) is 0 Å². The van der Waals surface area contributed by atoms with Crippen LogP contribution >= 0.6 is 0 Å². The minimum Gasteiger partial charge on any atom is -0.507 e. The minimum absolute atomic E-state index is 0.117. The number of nitriles is 1. The molecule has 1 aromatic heterocycles. The molecule has 0 aliphatic heterocycles. The van der Waals surface area contributed by atoms with Gasteiger partial charge in [0.15, 0.2) is 0 Å². The average molecular weight is 337 g/mol. The first-order chi connectivity index (χ1) is 12.2. The number of benzene rings is 2. The molecule has 3 aromatic rings. The normalized spacial score (nSPS) is 10.4. The van der Waals surface area contributed by atoms with Crippen LogP contribution in [-0.2, 0) is 0 Å². The third-order valence-corrected chi connectivity index (χ3v) is 3.50. The van der Waals surface area contributed by atoms with Crippen molar-refractivity contribution in [1.82, 2.24) is 0 Å². The second-order valence-corrected chi connectivity index (χ2v) is 5.30. The van der Waals surface area contributed by atoms with Crippen molar-refractivity contribution in [2.75, 3.05) is 13.2 Å². The van der Waals surface area contributed by atoms with Crippen LogP contribution < -0.4 is 15.1 Å². The molecule has 2 aromatic carbocycles. The smallest absolute Gasteiger partial charge is 0.339 e. The molecule has 0 bridgehead atoms. The van der Waals surface area contributed by atoms with Gasteiger partial charge in [-0.25, -0.2) is 4.79 Å². The second-order valence-electron chi connectivity index (χ2n) is 5.30. The number of hydrogen-bond donors (Lipinski definition) is 1. The highest BCUT2D eigenvalue weighted by atomic mass is 16.5. The molecule has 0 atom stereocenters. The van der Waals surface area contributed by atoms with E-state index in [4.69, 9.17) is 19.2 Å². The zero-order chi connectivity index (χ0) is 17.6. The quantitative estimate of drug-likeness (QED) is 0.548. The lowest BCUT2D eigenvalue weighted by Gasteiger charge is -2.08. The van der Waals surface area contributed by atoms with E-state index in [9.17, 15) is 9.90 Å². The molecule has 0 spiro atoms. The summed E-state index contributed by atoms with van der Waals surface area (Å²) in [5.74, 6) is 1.12. The first-order valence-corrected chi connectivity index (χ1v) is 7.68. The van der Waals surface area contributed by atoms with E-state index in [2.05, 4.69) is 0 Å². The number of aromatic hydroxyl groups is 1. The number of nitrogens with zero attached hydrogens (tertiary/aromatic N) is 1. The summed E-state index contributed by atoms with van der Waals surface area (Å²) in [6.45, 7) is 0.889. The van der Waals surface area contributed by atoms with Gasteiger partial charge in [-0.15, -0.1) is 0 Å². The summed E-state index contributed by atoms with van der Waals surface area (Å²) in [7, 11) is 0. The fourth-order valence-electron chi connectivity index (χ4n) is 2.28. The van der Waals surface area contributed by atoms with Crippen LogP contribution in [0.2, 0.25) is 0 Å². The Kier molecular flexibility index (Phi) is 4.86. The second kappa shape index (κ2) is 7.41. The zero-order valence-electron chi connectivity index (χ0n) is 13.3. The fourth-order valence-corrected chi connectivity index (χ4v) is 2.28. The van der Waals surface area contributed by atoms with E-state index in [-0.39, 0.29) is 11.3 Å². The molecular formula is C19H15NO5. The molecule has 0 radical (unpaired) electrons. The molecule has 1 N–H and O–H groups in total. The van der Waals surface area contributed by atoms with Crippen molar-refractivity contribution in [2.24, 2.45) is 0 Å². The van der Waals surface area contributed by atoms with Gasteiger partial charge in [-0.3, -0.25) is 0 Å². The molecule has 6 heteroatoms. The number of fused-ring (bicyclic) bond motifs is 1. The predicted octanol–water partition coefficient (Wildman–Crippen LogP) is 3.22. The van der Waals surface area contributed by atoms with Crippen molar-refractivity contribution in [2.45, 2.75) is 6.42 Å². The van der Waals surface area contributed by atoms with Crippen LogP contribution in [0, 0.1) is 11.3 Å². The summed E-state index contributed by atoms with van der Waals surface area (Å²) >= 11 is 0. The summed E-state index contributed by atoms with van der Waals surface area (Å²) in [5, 5.41) is 18.9. The minimum atomic E-state index is -0.613. The van der Waals surface area contributed by atoms with Crippen molar-refractivity contribution in [3.05, 3.63) is 64.5 Å². The summed E-state index contributed by atoms with van der Waals surface area (Å²) in [6.07, 6.45) is 0.655. The molecular weight excluding hydrogens is 322 g/mol. The van der Waals surface area contributed by atoms with Crippen LogP contribution in [0.1, 0.15) is 12.0 Å². The van der Waals surface area contributed by atoms with E-state index in [1.165, 1.54) is 0 Å². The number of ether oxygens (including phenoxy) is 2. The van der Waals surface area contributed by atoms with Gasteiger partial charge in [-0.05, 0) is 36.4 Å². The Bertz CT molecular complexity index is 970. The first kappa shape index (κ1) is 16.4. The molecule has 6 nitrogen and oxygen atoms in total. The Morgan fingerprint density at radius 1 is 1.00 bits per heavy atom. The van der Waals surface area contributed by atoms with Gasteiger partial charge in [0.25, 0.3) is 0 Å². The molecule has 0 unspecified atom stereocenters. The summed E-state index contributed by atoms with van der Waals surface area (Å²) < 4.78 is 16.2. The molecule has 0 fully saturated rings. The predicted molar refractivity (Wildman–Crippen MR) is 90.9 cm³/mol. The van der Waals surface area contributed by atoms with Gasteiger partial charge in [0, 0.05) is 12.5 Å². The number of rotatable bonds is 6. The van der Waals surface area contributed by atoms with Crippen LogP contribution in [-0.4, -0.2) is 18.3 Å². The van der Waals surface area contributed by atoms with Gasteiger partial charge in [-0.2, -0.15) is 5.26 Å². The van der Waals surface area contributed by atoms with Gasteiger partial charge in [0.2, 0.25) is 0 Å². The highest BCUT2D eigenvalue weighted by molar-refractivity contribution is 5.83. The molecule has 0 aliphatic rings. The lowest BCUT2D eigenvalue weighted by atomic mass is 10.2. The first-order valence-electron chi connectivity index (χ1n) is 7.68. The number of hydrogen-bond acceptors (Lipinski definition) is 6. The van der Waals surface area contributed by atoms with Crippen molar-refractivity contribution >= 4 is 11.0 Å². The van der Waals surface area contributed by atoms with Crippen LogP contribution in [0.15, 0.2) is 57.7 Å². The third-order valence-electron chi connectivity index (χ3n) is 3.50. The molecule has 25 heavy (non-hydrogen) atoms. The largest absolute Gasteiger partial charge is 0.507 e. The molecule has 0 aliphatic carbocycles. The monoisotopic (exact) mass is 337 g/mol. The van der Waals surface area contributed by atoms with E-state index in [1.54, 1.807) is 42.5 Å². The summed E-state index contributed by atoms with van der Waals surface area (Å²) in [4.78, 5) is 11.3. The summed E-state index contributed by atoms with van der Waals surface area (Å²) in [6, 6.07) is 14.9. The fraction of sp³-hybridized carbons (Fsp3) is 0.158. The summed E-state index contributed by atoms with van der Waals surface area (Å²) in [5.41, 5.74) is 0.249. The van der Waals surface area contributed by atoms with Gasteiger partial charge >= 0.3 is 5.63 Å². The van der Waals surface area contributed by atoms with Gasteiger partial charge < -0.3 is 19.0 Å². The molecule has 3 rings (SSSR count). The molecule has 0 saturated carbocycles. The van der Waals surface area contributed by atoms with Crippen molar-refractivity contribution in [3.8, 4) is 23.3 Å². The highest BCUT2D eigenvalue weighted by Crippen LogP contribution is 2.26. The van der Waals surface area contributed by atoms with E-state index in [0.717, 1.165) is 6.07 Å². The Balaban J connectivity index is 1.51. The maximum atomic E-state index is 11.3. The van der Waals surface area contributed by atoms with Crippen molar-refractivity contribution in [1.29, 1.82) is 5.26 Å². The van der Waals surface area contributed by atoms with Gasteiger partial charge in [0.1, 0.15) is 22.8 Å². The lowest BCUT2D eigenvalue weighted by Crippen LogP contribution is -2.05. The van der Waals surface area contributed by atoms with Crippen molar-refractivity contribution in [3.63, 3.8) is 0 Å². The van der Waals surface area contributed by atoms with Crippen molar-refractivity contribution < 1.29 is 19.0 Å².